The Morgan fingerprint density at radius 3 is 2.48 bits per heavy atom. The van der Waals surface area contributed by atoms with Crippen molar-refractivity contribution in [3.05, 3.63) is 64.1 Å². The fourth-order valence-corrected chi connectivity index (χ4v) is 4.14. The van der Waals surface area contributed by atoms with E-state index in [0.717, 1.165) is 10.6 Å². The fraction of sp³-hybridized carbons (Fsp3) is 0.238. The Labute approximate surface area is 172 Å². The second-order valence-electron chi connectivity index (χ2n) is 6.41. The molecule has 150 valence electrons. The van der Waals surface area contributed by atoms with Crippen molar-refractivity contribution in [2.75, 3.05) is 26.6 Å². The number of nitrogens with zero attached hydrogens (tertiary/aromatic N) is 2. The summed E-state index contributed by atoms with van der Waals surface area (Å²) in [6.07, 6.45) is 1.29. The quantitative estimate of drug-likeness (QED) is 0.635. The minimum atomic E-state index is -0.413. The molecule has 1 aromatic carbocycles. The maximum absolute atomic E-state index is 13.1. The summed E-state index contributed by atoms with van der Waals surface area (Å²) in [4.78, 5) is 20.4. The van der Waals surface area contributed by atoms with Crippen LogP contribution in [0.4, 0.5) is 5.69 Å². The van der Waals surface area contributed by atoms with E-state index in [1.807, 2.05) is 35.7 Å². The first kappa shape index (κ1) is 19.1. The molecule has 1 N–H and O–H groups in total. The Balaban J connectivity index is 1.72. The molecule has 4 rings (SSSR count). The predicted molar refractivity (Wildman–Crippen MR) is 111 cm³/mol. The van der Waals surface area contributed by atoms with Gasteiger partial charge in [0.25, 0.3) is 5.91 Å². The first-order chi connectivity index (χ1) is 14.2. The van der Waals surface area contributed by atoms with Gasteiger partial charge < -0.3 is 24.4 Å². The minimum absolute atomic E-state index is 0.0496. The van der Waals surface area contributed by atoms with Crippen molar-refractivity contribution in [3.8, 4) is 17.2 Å². The number of carbonyl (C=O) groups is 1. The van der Waals surface area contributed by atoms with Crippen LogP contribution in [0.15, 0.2) is 48.0 Å². The van der Waals surface area contributed by atoms with E-state index >= 15 is 0 Å². The highest BCUT2D eigenvalue weighted by Gasteiger charge is 2.38. The van der Waals surface area contributed by atoms with E-state index in [4.69, 9.17) is 14.2 Å². The average molecular weight is 411 g/mol. The largest absolute Gasteiger partial charge is 0.493 e. The van der Waals surface area contributed by atoms with Crippen LogP contribution in [-0.4, -0.2) is 37.1 Å². The van der Waals surface area contributed by atoms with Crippen molar-refractivity contribution >= 4 is 22.9 Å². The molecule has 1 unspecified atom stereocenters. The first-order valence-electron chi connectivity index (χ1n) is 9.01. The number of fused-ring (bicyclic) bond motifs is 1. The van der Waals surface area contributed by atoms with Crippen molar-refractivity contribution in [1.29, 1.82) is 0 Å². The molecule has 3 aromatic rings. The number of rotatable bonds is 7. The van der Waals surface area contributed by atoms with E-state index in [9.17, 15) is 4.79 Å². The Bertz CT molecular complexity index is 998. The molecule has 0 aliphatic carbocycles. The highest BCUT2D eigenvalue weighted by Crippen LogP contribution is 2.42. The van der Waals surface area contributed by atoms with Crippen LogP contribution in [-0.2, 0) is 6.54 Å². The van der Waals surface area contributed by atoms with E-state index in [-0.39, 0.29) is 5.91 Å². The number of amides is 1. The summed E-state index contributed by atoms with van der Waals surface area (Å²) < 4.78 is 16.3. The molecule has 8 heteroatoms. The Morgan fingerprint density at radius 1 is 1.10 bits per heavy atom. The lowest BCUT2D eigenvalue weighted by atomic mass is 10.2. The second-order valence-corrected chi connectivity index (χ2v) is 7.44. The standard InChI is InChI=1S/C21H21N3O4S/c1-26-16-10-13(11-17(27-2)19(16)28-3)23-20-18-15(7-4-8-22-18)21(25)24(20)12-14-6-5-9-29-14/h4-11,20,23H,12H2,1-3H3. The van der Waals surface area contributed by atoms with Crippen LogP contribution < -0.4 is 19.5 Å². The van der Waals surface area contributed by atoms with Crippen LogP contribution in [0.1, 0.15) is 27.1 Å². The van der Waals surface area contributed by atoms with Crippen molar-refractivity contribution in [2.45, 2.75) is 12.7 Å². The zero-order chi connectivity index (χ0) is 20.4. The van der Waals surface area contributed by atoms with Gasteiger partial charge in [-0.15, -0.1) is 11.3 Å². The average Bonchev–Trinajstić information content (AvgIpc) is 3.36. The van der Waals surface area contributed by atoms with Crippen molar-refractivity contribution < 1.29 is 19.0 Å². The molecule has 3 heterocycles. The van der Waals surface area contributed by atoms with Gasteiger partial charge in [-0.05, 0) is 23.6 Å². The molecule has 0 radical (unpaired) electrons. The molecule has 0 saturated carbocycles. The summed E-state index contributed by atoms with van der Waals surface area (Å²) in [7, 11) is 4.70. The Hall–Kier alpha value is -3.26. The van der Waals surface area contributed by atoms with Crippen LogP contribution in [0, 0.1) is 0 Å². The van der Waals surface area contributed by atoms with Crippen molar-refractivity contribution in [2.24, 2.45) is 0 Å². The van der Waals surface area contributed by atoms with Gasteiger partial charge >= 0.3 is 0 Å². The van der Waals surface area contributed by atoms with E-state index in [0.29, 0.717) is 35.1 Å². The number of thiophene rings is 1. The number of nitrogens with one attached hydrogen (secondary N) is 1. The molecular formula is C21H21N3O4S. The van der Waals surface area contributed by atoms with Gasteiger partial charge in [0.15, 0.2) is 11.5 Å². The molecular weight excluding hydrogens is 390 g/mol. The lowest BCUT2D eigenvalue weighted by molar-refractivity contribution is 0.0729. The maximum atomic E-state index is 13.1. The molecule has 0 fully saturated rings. The maximum Gasteiger partial charge on any atom is 0.258 e. The summed E-state index contributed by atoms with van der Waals surface area (Å²) in [6.45, 7) is 0.495. The van der Waals surface area contributed by atoms with E-state index in [1.54, 1.807) is 49.8 Å². The SMILES string of the molecule is COc1cc(NC2c3ncccc3C(=O)N2Cc2cccs2)cc(OC)c1OC. The molecule has 1 atom stereocenters. The van der Waals surface area contributed by atoms with Gasteiger partial charge in [0.05, 0.1) is 39.1 Å². The molecule has 2 aromatic heterocycles. The normalized spacial score (nSPS) is 15.2. The van der Waals surface area contributed by atoms with E-state index in [2.05, 4.69) is 10.3 Å². The summed E-state index contributed by atoms with van der Waals surface area (Å²) >= 11 is 1.62. The smallest absolute Gasteiger partial charge is 0.258 e. The fourth-order valence-electron chi connectivity index (χ4n) is 3.44. The Kier molecular flexibility index (Phi) is 5.26. The molecule has 0 bridgehead atoms. The summed E-state index contributed by atoms with van der Waals surface area (Å²) in [5, 5.41) is 5.43. The molecule has 1 aliphatic heterocycles. The number of pyridine rings is 1. The van der Waals surface area contributed by atoms with Crippen LogP contribution in [0.25, 0.3) is 0 Å². The molecule has 1 amide bonds. The van der Waals surface area contributed by atoms with E-state index < -0.39 is 6.17 Å². The van der Waals surface area contributed by atoms with Gasteiger partial charge in [-0.3, -0.25) is 9.78 Å². The first-order valence-corrected chi connectivity index (χ1v) is 9.89. The van der Waals surface area contributed by atoms with Gasteiger partial charge in [-0.1, -0.05) is 6.07 Å². The van der Waals surface area contributed by atoms with Crippen LogP contribution in [0.2, 0.25) is 0 Å². The third-order valence-electron chi connectivity index (χ3n) is 4.77. The Morgan fingerprint density at radius 2 is 1.86 bits per heavy atom. The molecule has 0 saturated heterocycles. The van der Waals surface area contributed by atoms with Crippen LogP contribution in [0.3, 0.4) is 0 Å². The van der Waals surface area contributed by atoms with Crippen LogP contribution in [0.5, 0.6) is 17.2 Å². The number of carbonyl (C=O) groups excluding carboxylic acids is 1. The molecule has 29 heavy (non-hydrogen) atoms. The minimum Gasteiger partial charge on any atom is -0.493 e. The molecule has 1 aliphatic rings. The van der Waals surface area contributed by atoms with Gasteiger partial charge in [0, 0.05) is 28.9 Å². The van der Waals surface area contributed by atoms with Gasteiger partial charge in [-0.25, -0.2) is 0 Å². The number of anilines is 1. The monoisotopic (exact) mass is 411 g/mol. The number of aromatic nitrogens is 1. The number of benzene rings is 1. The zero-order valence-corrected chi connectivity index (χ0v) is 17.2. The summed E-state index contributed by atoms with van der Waals surface area (Å²) in [6, 6.07) is 11.2. The summed E-state index contributed by atoms with van der Waals surface area (Å²) in [5.74, 6) is 1.53. The third-order valence-corrected chi connectivity index (χ3v) is 5.64. The second kappa shape index (κ2) is 8.00. The van der Waals surface area contributed by atoms with Crippen molar-refractivity contribution in [3.63, 3.8) is 0 Å². The molecule has 0 spiro atoms. The van der Waals surface area contributed by atoms with E-state index in [1.165, 1.54) is 0 Å². The highest BCUT2D eigenvalue weighted by molar-refractivity contribution is 7.09. The van der Waals surface area contributed by atoms with Gasteiger partial charge in [0.2, 0.25) is 5.75 Å². The number of ether oxygens (including phenoxy) is 3. The number of hydrogen-bond acceptors (Lipinski definition) is 7. The molecule has 7 nitrogen and oxygen atoms in total. The number of methoxy groups -OCH3 is 3. The third kappa shape index (κ3) is 3.47. The predicted octanol–water partition coefficient (Wildman–Crippen LogP) is 3.94. The van der Waals surface area contributed by atoms with Gasteiger partial charge in [-0.2, -0.15) is 0 Å². The zero-order valence-electron chi connectivity index (χ0n) is 16.3. The van der Waals surface area contributed by atoms with Crippen molar-refractivity contribution in [1.82, 2.24) is 9.88 Å². The lowest BCUT2D eigenvalue weighted by Crippen LogP contribution is -2.31. The number of hydrogen-bond donors (Lipinski definition) is 1. The topological polar surface area (TPSA) is 72.9 Å². The lowest BCUT2D eigenvalue weighted by Gasteiger charge is -2.26. The summed E-state index contributed by atoms with van der Waals surface area (Å²) in [5.41, 5.74) is 2.03. The van der Waals surface area contributed by atoms with Gasteiger partial charge in [0.1, 0.15) is 6.17 Å². The highest BCUT2D eigenvalue weighted by atomic mass is 32.1. The van der Waals surface area contributed by atoms with Crippen LogP contribution >= 0.6 is 11.3 Å².